The highest BCUT2D eigenvalue weighted by Gasteiger charge is 2.30. The summed E-state index contributed by atoms with van der Waals surface area (Å²) in [5.41, 5.74) is 2.30. The molecule has 0 saturated carbocycles. The van der Waals surface area contributed by atoms with Gasteiger partial charge in [-0.15, -0.1) is 0 Å². The van der Waals surface area contributed by atoms with Crippen LogP contribution in [0.25, 0.3) is 0 Å². The van der Waals surface area contributed by atoms with E-state index in [0.29, 0.717) is 6.04 Å². The summed E-state index contributed by atoms with van der Waals surface area (Å²) in [5.74, 6) is 0.732. The van der Waals surface area contributed by atoms with Crippen molar-refractivity contribution in [2.24, 2.45) is 5.92 Å². The van der Waals surface area contributed by atoms with Crippen LogP contribution in [-0.4, -0.2) is 55.1 Å². The molecule has 1 fully saturated rings. The van der Waals surface area contributed by atoms with Crippen LogP contribution in [0.3, 0.4) is 0 Å². The lowest BCUT2D eigenvalue weighted by atomic mass is 10.1. The Morgan fingerprint density at radius 3 is 2.68 bits per heavy atom. The first-order chi connectivity index (χ1) is 9.10. The van der Waals surface area contributed by atoms with Gasteiger partial charge in [-0.25, -0.2) is 0 Å². The van der Waals surface area contributed by atoms with Crippen molar-refractivity contribution in [3.8, 4) is 0 Å². The van der Waals surface area contributed by atoms with E-state index in [2.05, 4.69) is 54.3 Å². The fourth-order valence-corrected chi connectivity index (χ4v) is 2.98. The normalized spacial score (nSPS) is 24.3. The minimum absolute atomic E-state index is 0.667. The standard InChI is InChI=1S/C15H26N4/c1-12-9-19(11-15(12)18(3)4)10-14-7-5-6-13(17-14)8-16-2/h5-7,12,15-16H,8-11H2,1-4H3. The van der Waals surface area contributed by atoms with Crippen LogP contribution in [0.4, 0.5) is 0 Å². The third-order valence-electron chi connectivity index (χ3n) is 3.92. The molecule has 0 amide bonds. The molecule has 0 spiro atoms. The molecule has 4 heteroatoms. The molecule has 1 aliphatic heterocycles. The first kappa shape index (κ1) is 14.4. The molecule has 0 radical (unpaired) electrons. The van der Waals surface area contributed by atoms with Crippen molar-refractivity contribution in [2.45, 2.75) is 26.1 Å². The number of aromatic nitrogens is 1. The average Bonchev–Trinajstić information content (AvgIpc) is 2.71. The van der Waals surface area contributed by atoms with Gasteiger partial charge in [-0.2, -0.15) is 0 Å². The van der Waals surface area contributed by atoms with Crippen LogP contribution in [0.15, 0.2) is 18.2 Å². The van der Waals surface area contributed by atoms with Crippen LogP contribution in [0.1, 0.15) is 18.3 Å². The zero-order valence-corrected chi connectivity index (χ0v) is 12.6. The summed E-state index contributed by atoms with van der Waals surface area (Å²) in [6, 6.07) is 6.99. The summed E-state index contributed by atoms with van der Waals surface area (Å²) in [4.78, 5) is 9.56. The molecule has 0 bridgehead atoms. The second-order valence-electron chi connectivity index (χ2n) is 5.85. The summed E-state index contributed by atoms with van der Waals surface area (Å²) in [7, 11) is 6.31. The average molecular weight is 262 g/mol. The van der Waals surface area contributed by atoms with Crippen LogP contribution in [0.5, 0.6) is 0 Å². The molecule has 1 aromatic rings. The predicted octanol–water partition coefficient (Wildman–Crippen LogP) is 1.18. The molecule has 2 atom stereocenters. The second kappa shape index (κ2) is 6.46. The van der Waals surface area contributed by atoms with Gasteiger partial charge < -0.3 is 10.2 Å². The van der Waals surface area contributed by atoms with Gasteiger partial charge in [0.15, 0.2) is 0 Å². The van der Waals surface area contributed by atoms with Gasteiger partial charge in [-0.05, 0) is 39.2 Å². The van der Waals surface area contributed by atoms with Crippen LogP contribution in [-0.2, 0) is 13.1 Å². The molecule has 2 heterocycles. The molecule has 0 aliphatic carbocycles. The van der Waals surface area contributed by atoms with Crippen LogP contribution in [0.2, 0.25) is 0 Å². The van der Waals surface area contributed by atoms with Crippen molar-refractivity contribution in [3.05, 3.63) is 29.6 Å². The number of nitrogens with one attached hydrogen (secondary N) is 1. The van der Waals surface area contributed by atoms with Gasteiger partial charge in [-0.3, -0.25) is 9.88 Å². The van der Waals surface area contributed by atoms with Gasteiger partial charge >= 0.3 is 0 Å². The Morgan fingerprint density at radius 1 is 1.32 bits per heavy atom. The highest BCUT2D eigenvalue weighted by Crippen LogP contribution is 2.21. The van der Waals surface area contributed by atoms with E-state index in [-0.39, 0.29) is 0 Å². The zero-order valence-electron chi connectivity index (χ0n) is 12.6. The maximum atomic E-state index is 4.70. The first-order valence-corrected chi connectivity index (χ1v) is 7.08. The molecule has 106 valence electrons. The summed E-state index contributed by atoms with van der Waals surface area (Å²) < 4.78 is 0. The summed E-state index contributed by atoms with van der Waals surface area (Å²) in [6.07, 6.45) is 0. The van der Waals surface area contributed by atoms with Crippen LogP contribution >= 0.6 is 0 Å². The lowest BCUT2D eigenvalue weighted by Gasteiger charge is -2.22. The Labute approximate surface area is 116 Å². The van der Waals surface area contributed by atoms with E-state index in [1.165, 1.54) is 12.2 Å². The van der Waals surface area contributed by atoms with Gasteiger partial charge in [0.1, 0.15) is 0 Å². The predicted molar refractivity (Wildman–Crippen MR) is 78.9 cm³/mol. The Bertz CT molecular complexity index is 405. The van der Waals surface area contributed by atoms with E-state index in [1.54, 1.807) is 0 Å². The molecule has 0 aromatic carbocycles. The minimum atomic E-state index is 0.667. The number of hydrogen-bond donors (Lipinski definition) is 1. The molecule has 1 saturated heterocycles. The molecule has 2 unspecified atom stereocenters. The Kier molecular flexibility index (Phi) is 4.91. The molecule has 2 rings (SSSR count). The summed E-state index contributed by atoms with van der Waals surface area (Å²) in [6.45, 7) is 6.46. The first-order valence-electron chi connectivity index (χ1n) is 7.08. The highest BCUT2D eigenvalue weighted by molar-refractivity contribution is 5.11. The monoisotopic (exact) mass is 262 g/mol. The SMILES string of the molecule is CNCc1cccc(CN2CC(C)C(N(C)C)C2)n1. The molecule has 4 nitrogen and oxygen atoms in total. The smallest absolute Gasteiger partial charge is 0.0547 e. The van der Waals surface area contributed by atoms with E-state index >= 15 is 0 Å². The summed E-state index contributed by atoms with van der Waals surface area (Å²) in [5, 5.41) is 3.15. The molecule has 1 N–H and O–H groups in total. The van der Waals surface area contributed by atoms with Crippen molar-refractivity contribution in [1.29, 1.82) is 0 Å². The molecule has 19 heavy (non-hydrogen) atoms. The van der Waals surface area contributed by atoms with Crippen molar-refractivity contribution >= 4 is 0 Å². The fourth-order valence-electron chi connectivity index (χ4n) is 2.98. The zero-order chi connectivity index (χ0) is 13.8. The highest BCUT2D eigenvalue weighted by atomic mass is 15.2. The quantitative estimate of drug-likeness (QED) is 0.863. The van der Waals surface area contributed by atoms with E-state index in [9.17, 15) is 0 Å². The minimum Gasteiger partial charge on any atom is -0.314 e. The number of pyridine rings is 1. The number of likely N-dealkylation sites (tertiary alicyclic amines) is 1. The topological polar surface area (TPSA) is 31.4 Å². The van der Waals surface area contributed by atoms with Crippen molar-refractivity contribution < 1.29 is 0 Å². The van der Waals surface area contributed by atoms with Crippen LogP contribution < -0.4 is 5.32 Å². The Balaban J connectivity index is 1.96. The third kappa shape index (κ3) is 3.75. The number of likely N-dealkylation sites (N-methyl/N-ethyl adjacent to an activating group) is 1. The van der Waals surface area contributed by atoms with Gasteiger partial charge in [-0.1, -0.05) is 13.0 Å². The van der Waals surface area contributed by atoms with Crippen molar-refractivity contribution in [3.63, 3.8) is 0 Å². The van der Waals surface area contributed by atoms with E-state index < -0.39 is 0 Å². The van der Waals surface area contributed by atoms with Crippen molar-refractivity contribution in [2.75, 3.05) is 34.2 Å². The second-order valence-corrected chi connectivity index (χ2v) is 5.85. The number of rotatable bonds is 5. The Morgan fingerprint density at radius 2 is 2.05 bits per heavy atom. The van der Waals surface area contributed by atoms with Crippen LogP contribution in [0, 0.1) is 5.92 Å². The molecular weight excluding hydrogens is 236 g/mol. The van der Waals surface area contributed by atoms with Gasteiger partial charge in [0.05, 0.1) is 11.4 Å². The maximum absolute atomic E-state index is 4.70. The van der Waals surface area contributed by atoms with Gasteiger partial charge in [0, 0.05) is 32.2 Å². The molecular formula is C15H26N4. The van der Waals surface area contributed by atoms with E-state index in [1.807, 2.05) is 7.05 Å². The number of nitrogens with zero attached hydrogens (tertiary/aromatic N) is 3. The largest absolute Gasteiger partial charge is 0.314 e. The lowest BCUT2D eigenvalue weighted by Crippen LogP contribution is -2.34. The fraction of sp³-hybridized carbons (Fsp3) is 0.667. The Hall–Kier alpha value is -0.970. The van der Waals surface area contributed by atoms with E-state index in [0.717, 1.165) is 31.2 Å². The summed E-state index contributed by atoms with van der Waals surface area (Å²) >= 11 is 0. The van der Waals surface area contributed by atoms with Crippen molar-refractivity contribution in [1.82, 2.24) is 20.1 Å². The third-order valence-corrected chi connectivity index (χ3v) is 3.92. The maximum Gasteiger partial charge on any atom is 0.0547 e. The van der Waals surface area contributed by atoms with E-state index in [4.69, 9.17) is 4.98 Å². The lowest BCUT2D eigenvalue weighted by molar-refractivity contribution is 0.249. The molecule has 1 aromatic heterocycles. The van der Waals surface area contributed by atoms with Gasteiger partial charge in [0.25, 0.3) is 0 Å². The molecule has 1 aliphatic rings. The number of hydrogen-bond acceptors (Lipinski definition) is 4. The van der Waals surface area contributed by atoms with Gasteiger partial charge in [0.2, 0.25) is 0 Å².